The van der Waals surface area contributed by atoms with E-state index in [-0.39, 0.29) is 6.61 Å². The molecule has 136 valence electrons. The molecule has 0 atom stereocenters. The molecule has 5 nitrogen and oxygen atoms in total. The summed E-state index contributed by atoms with van der Waals surface area (Å²) in [7, 11) is 0. The van der Waals surface area contributed by atoms with Crippen LogP contribution in [-0.4, -0.2) is 37.2 Å². The Hall–Kier alpha value is -2.14. The average molecular weight is 345 g/mol. The zero-order valence-electron chi connectivity index (χ0n) is 15.2. The van der Waals surface area contributed by atoms with Crippen LogP contribution in [0.2, 0.25) is 0 Å². The van der Waals surface area contributed by atoms with E-state index in [4.69, 9.17) is 9.47 Å². The molecular formula is C20H27NO4. The fourth-order valence-corrected chi connectivity index (χ4v) is 2.99. The monoisotopic (exact) mass is 345 g/mol. The molecule has 0 unspecified atom stereocenters. The number of ether oxygens (including phenoxy) is 2. The van der Waals surface area contributed by atoms with E-state index < -0.39 is 17.5 Å². The lowest BCUT2D eigenvalue weighted by Gasteiger charge is -2.36. The molecule has 1 aliphatic rings. The van der Waals surface area contributed by atoms with Crippen molar-refractivity contribution in [3.8, 4) is 0 Å². The molecule has 1 aromatic rings. The molecule has 1 fully saturated rings. The van der Waals surface area contributed by atoms with Crippen molar-refractivity contribution < 1.29 is 19.1 Å². The summed E-state index contributed by atoms with van der Waals surface area (Å²) in [5.74, 6) is -0.553. The van der Waals surface area contributed by atoms with Crippen LogP contribution < -0.4 is 5.32 Å². The largest absolute Gasteiger partial charge is 0.461 e. The lowest BCUT2D eigenvalue weighted by molar-refractivity contribution is -0.158. The third kappa shape index (κ3) is 6.02. The summed E-state index contributed by atoms with van der Waals surface area (Å²) in [5, 5.41) is 3.32. The quantitative estimate of drug-likeness (QED) is 0.634. The Kier molecular flexibility index (Phi) is 6.76. The number of benzene rings is 1. The number of carbonyl (C=O) groups is 2. The molecule has 0 radical (unpaired) electrons. The van der Waals surface area contributed by atoms with Crippen LogP contribution in [0, 0.1) is 5.92 Å². The van der Waals surface area contributed by atoms with Gasteiger partial charge in [0.15, 0.2) is 0 Å². The standard InChI is InChI=1S/C20H27NO4/c1-15(22)24-14-17(13-16-7-5-4-6-8-16)19(23)25-20(2,3)18-9-11-21-12-10-18/h4-8,13,18,21H,9-12,14H2,1-3H3/b17-13+. The fraction of sp³-hybridized carbons (Fsp3) is 0.500. The highest BCUT2D eigenvalue weighted by atomic mass is 16.6. The Morgan fingerprint density at radius 1 is 1.20 bits per heavy atom. The minimum absolute atomic E-state index is 0.0919. The maximum atomic E-state index is 12.7. The van der Waals surface area contributed by atoms with Gasteiger partial charge in [-0.1, -0.05) is 30.3 Å². The van der Waals surface area contributed by atoms with Gasteiger partial charge in [-0.05, 0) is 51.4 Å². The molecule has 0 aliphatic carbocycles. The Labute approximate surface area is 149 Å². The molecule has 0 amide bonds. The Morgan fingerprint density at radius 2 is 1.84 bits per heavy atom. The summed E-state index contributed by atoms with van der Waals surface area (Å²) in [5.41, 5.74) is 0.634. The van der Waals surface area contributed by atoms with Gasteiger partial charge in [0, 0.05) is 12.8 Å². The van der Waals surface area contributed by atoms with Gasteiger partial charge in [0.25, 0.3) is 0 Å². The molecule has 0 aromatic heterocycles. The number of esters is 2. The normalized spacial score (nSPS) is 16.4. The van der Waals surface area contributed by atoms with Gasteiger partial charge in [0.05, 0.1) is 5.57 Å². The van der Waals surface area contributed by atoms with Crippen molar-refractivity contribution in [2.24, 2.45) is 5.92 Å². The van der Waals surface area contributed by atoms with Gasteiger partial charge < -0.3 is 14.8 Å². The van der Waals surface area contributed by atoms with Gasteiger partial charge >= 0.3 is 11.9 Å². The van der Waals surface area contributed by atoms with E-state index in [0.29, 0.717) is 11.5 Å². The van der Waals surface area contributed by atoms with Crippen molar-refractivity contribution in [3.05, 3.63) is 41.5 Å². The molecule has 25 heavy (non-hydrogen) atoms. The molecule has 0 spiro atoms. The van der Waals surface area contributed by atoms with Crippen molar-refractivity contribution in [1.82, 2.24) is 5.32 Å². The van der Waals surface area contributed by atoms with Crippen LogP contribution in [0.5, 0.6) is 0 Å². The average Bonchev–Trinajstić information content (AvgIpc) is 2.59. The molecule has 1 heterocycles. The van der Waals surface area contributed by atoms with Crippen LogP contribution in [0.1, 0.15) is 39.2 Å². The lowest BCUT2D eigenvalue weighted by atomic mass is 9.83. The first-order chi connectivity index (χ1) is 11.9. The minimum Gasteiger partial charge on any atom is -0.461 e. The molecule has 1 aromatic carbocycles. The molecule has 1 N–H and O–H groups in total. The summed E-state index contributed by atoms with van der Waals surface area (Å²) in [6.07, 6.45) is 3.66. The van der Waals surface area contributed by atoms with Gasteiger partial charge in [-0.25, -0.2) is 4.79 Å². The van der Waals surface area contributed by atoms with E-state index in [1.807, 2.05) is 44.2 Å². The highest BCUT2D eigenvalue weighted by molar-refractivity contribution is 5.94. The summed E-state index contributed by atoms with van der Waals surface area (Å²) in [4.78, 5) is 23.9. The third-order valence-electron chi connectivity index (χ3n) is 4.51. The predicted octanol–water partition coefficient (Wildman–Crippen LogP) is 2.95. The second kappa shape index (κ2) is 8.81. The minimum atomic E-state index is -0.564. The Bertz CT molecular complexity index is 616. The van der Waals surface area contributed by atoms with Crippen molar-refractivity contribution in [3.63, 3.8) is 0 Å². The van der Waals surface area contributed by atoms with Crippen LogP contribution in [0.15, 0.2) is 35.9 Å². The number of rotatable bonds is 6. The summed E-state index contributed by atoms with van der Waals surface area (Å²) < 4.78 is 10.9. The first kappa shape index (κ1) is 19.2. The number of hydrogen-bond acceptors (Lipinski definition) is 5. The molecule has 1 aliphatic heterocycles. The van der Waals surface area contributed by atoms with Gasteiger partial charge in [-0.2, -0.15) is 0 Å². The zero-order chi connectivity index (χ0) is 18.3. The first-order valence-electron chi connectivity index (χ1n) is 8.71. The Balaban J connectivity index is 2.13. The first-order valence-corrected chi connectivity index (χ1v) is 8.71. The van der Waals surface area contributed by atoms with E-state index in [2.05, 4.69) is 5.32 Å². The van der Waals surface area contributed by atoms with Gasteiger partial charge in [-0.15, -0.1) is 0 Å². The molecule has 2 rings (SSSR count). The summed E-state index contributed by atoms with van der Waals surface area (Å²) >= 11 is 0. The van der Waals surface area contributed by atoms with Crippen molar-refractivity contribution in [2.75, 3.05) is 19.7 Å². The molecule has 0 bridgehead atoms. The highest BCUT2D eigenvalue weighted by Gasteiger charge is 2.35. The SMILES string of the molecule is CC(=O)OC/C(=C\c1ccccc1)C(=O)OC(C)(C)C1CCNCC1. The predicted molar refractivity (Wildman–Crippen MR) is 96.8 cm³/mol. The van der Waals surface area contributed by atoms with Crippen LogP contribution in [-0.2, 0) is 19.1 Å². The molecular weight excluding hydrogens is 318 g/mol. The van der Waals surface area contributed by atoms with E-state index in [9.17, 15) is 9.59 Å². The summed E-state index contributed by atoms with van der Waals surface area (Å²) in [6, 6.07) is 9.46. The van der Waals surface area contributed by atoms with Crippen LogP contribution in [0.4, 0.5) is 0 Å². The second-order valence-electron chi connectivity index (χ2n) is 6.88. The van der Waals surface area contributed by atoms with Crippen LogP contribution in [0.25, 0.3) is 6.08 Å². The number of hydrogen-bond donors (Lipinski definition) is 1. The molecule has 0 saturated carbocycles. The molecule has 5 heteroatoms. The molecule has 1 saturated heterocycles. The van der Waals surface area contributed by atoms with Crippen LogP contribution >= 0.6 is 0 Å². The van der Waals surface area contributed by atoms with Gasteiger partial charge in [0.1, 0.15) is 12.2 Å². The maximum Gasteiger partial charge on any atom is 0.338 e. The third-order valence-corrected chi connectivity index (χ3v) is 4.51. The summed E-state index contributed by atoms with van der Waals surface area (Å²) in [6.45, 7) is 7.01. The lowest BCUT2D eigenvalue weighted by Crippen LogP contribution is -2.43. The number of nitrogens with one attached hydrogen (secondary N) is 1. The van der Waals surface area contributed by atoms with Gasteiger partial charge in [0.2, 0.25) is 0 Å². The highest BCUT2D eigenvalue weighted by Crippen LogP contribution is 2.30. The fourth-order valence-electron chi connectivity index (χ4n) is 2.99. The zero-order valence-corrected chi connectivity index (χ0v) is 15.2. The number of piperidine rings is 1. The van der Waals surface area contributed by atoms with Crippen molar-refractivity contribution in [2.45, 2.75) is 39.2 Å². The van der Waals surface area contributed by atoms with Crippen molar-refractivity contribution >= 4 is 18.0 Å². The number of carbonyl (C=O) groups excluding carboxylic acids is 2. The van der Waals surface area contributed by atoms with E-state index >= 15 is 0 Å². The van der Waals surface area contributed by atoms with E-state index in [1.165, 1.54) is 6.92 Å². The second-order valence-corrected chi connectivity index (χ2v) is 6.88. The Morgan fingerprint density at radius 3 is 2.44 bits per heavy atom. The maximum absolute atomic E-state index is 12.7. The van der Waals surface area contributed by atoms with Gasteiger partial charge in [-0.3, -0.25) is 4.79 Å². The van der Waals surface area contributed by atoms with E-state index in [0.717, 1.165) is 31.5 Å². The smallest absolute Gasteiger partial charge is 0.338 e. The van der Waals surface area contributed by atoms with Crippen LogP contribution in [0.3, 0.4) is 0 Å². The van der Waals surface area contributed by atoms with Crippen molar-refractivity contribution in [1.29, 1.82) is 0 Å². The topological polar surface area (TPSA) is 64.6 Å². The van der Waals surface area contributed by atoms with E-state index in [1.54, 1.807) is 6.08 Å².